The van der Waals surface area contributed by atoms with Gasteiger partial charge in [-0.1, -0.05) is 18.5 Å². The molecule has 1 aliphatic heterocycles. The van der Waals surface area contributed by atoms with Gasteiger partial charge in [-0.05, 0) is 42.0 Å². The number of pyridine rings is 1. The van der Waals surface area contributed by atoms with E-state index in [1.54, 1.807) is 19.2 Å². The van der Waals surface area contributed by atoms with Crippen LogP contribution in [0.3, 0.4) is 0 Å². The lowest BCUT2D eigenvalue weighted by Crippen LogP contribution is -2.25. The maximum Gasteiger partial charge on any atom is 0.254 e. The molecule has 38 heavy (non-hydrogen) atoms. The first-order valence-corrected chi connectivity index (χ1v) is 11.9. The molecule has 4 aromatic heterocycles. The molecule has 0 saturated heterocycles. The standard InChI is InChI=1S/C24H19ClF2N10O/c1-10-5-18(23-29-8-16(32-23)12-6-14(26)22(28)31-11(12)2)37-19(38)7-15(33-24(10)37)20-17(36-9-30-34-35-36)4-3-13(25)21(20)27/h3-4,6-10,18H,5H2,1-2H3,(H2,28,31)(H,29,32)/t10-,18+/m0/s1. The van der Waals surface area contributed by atoms with Crippen molar-refractivity contribution >= 4 is 17.4 Å². The first-order chi connectivity index (χ1) is 18.2. The number of H-pyrrole nitrogens is 1. The van der Waals surface area contributed by atoms with Gasteiger partial charge in [0.25, 0.3) is 5.56 Å². The lowest BCUT2D eigenvalue weighted by molar-refractivity contribution is 0.555. The van der Waals surface area contributed by atoms with Gasteiger partial charge in [-0.25, -0.2) is 23.7 Å². The number of anilines is 1. The summed E-state index contributed by atoms with van der Waals surface area (Å²) in [6, 6.07) is 5.02. The number of nitrogens with two attached hydrogens (primary N) is 1. The van der Waals surface area contributed by atoms with E-state index in [9.17, 15) is 9.18 Å². The molecule has 11 nitrogen and oxygen atoms in total. The molecule has 0 radical (unpaired) electrons. The molecule has 5 heterocycles. The summed E-state index contributed by atoms with van der Waals surface area (Å²) in [5, 5.41) is 10.9. The number of aromatic nitrogens is 9. The van der Waals surface area contributed by atoms with Gasteiger partial charge in [0.05, 0.1) is 39.9 Å². The topological polar surface area (TPSA) is 146 Å². The Bertz CT molecular complexity index is 1770. The minimum absolute atomic E-state index is 0.00888. The molecule has 2 atom stereocenters. The van der Waals surface area contributed by atoms with Crippen molar-refractivity contribution in [3.05, 3.63) is 81.1 Å². The maximum absolute atomic E-state index is 15.3. The van der Waals surface area contributed by atoms with Gasteiger partial charge in [0.2, 0.25) is 0 Å². The molecule has 0 bridgehead atoms. The van der Waals surface area contributed by atoms with Crippen molar-refractivity contribution in [2.75, 3.05) is 5.73 Å². The molecule has 6 rings (SSSR count). The fourth-order valence-electron chi connectivity index (χ4n) is 4.84. The summed E-state index contributed by atoms with van der Waals surface area (Å²) in [6.45, 7) is 3.64. The molecule has 0 fully saturated rings. The molecular formula is C24H19ClF2N10O. The van der Waals surface area contributed by atoms with Gasteiger partial charge in [0.1, 0.15) is 18.0 Å². The third-order valence-electron chi connectivity index (χ3n) is 6.63. The highest BCUT2D eigenvalue weighted by Gasteiger charge is 2.34. The summed E-state index contributed by atoms with van der Waals surface area (Å²) in [6.07, 6.45) is 3.39. The Morgan fingerprint density at radius 2 is 2.03 bits per heavy atom. The normalized spacial score (nSPS) is 16.7. The first-order valence-electron chi connectivity index (χ1n) is 11.6. The molecule has 192 valence electrons. The Kier molecular flexibility index (Phi) is 5.52. The van der Waals surface area contributed by atoms with Crippen molar-refractivity contribution in [3.8, 4) is 28.2 Å². The number of halogens is 3. The predicted molar refractivity (Wildman–Crippen MR) is 134 cm³/mol. The molecular weight excluding hydrogens is 518 g/mol. The van der Waals surface area contributed by atoms with Crippen LogP contribution in [0.2, 0.25) is 5.02 Å². The van der Waals surface area contributed by atoms with E-state index in [1.165, 1.54) is 33.8 Å². The first kappa shape index (κ1) is 23.9. The summed E-state index contributed by atoms with van der Waals surface area (Å²) in [4.78, 5) is 29.8. The smallest absolute Gasteiger partial charge is 0.254 e. The highest BCUT2D eigenvalue weighted by molar-refractivity contribution is 6.31. The Labute approximate surface area is 218 Å². The highest BCUT2D eigenvalue weighted by Crippen LogP contribution is 2.39. The number of aromatic amines is 1. The Morgan fingerprint density at radius 3 is 2.79 bits per heavy atom. The van der Waals surface area contributed by atoms with Gasteiger partial charge >= 0.3 is 0 Å². The van der Waals surface area contributed by atoms with Crippen LogP contribution in [0.1, 0.15) is 42.6 Å². The van der Waals surface area contributed by atoms with Crippen molar-refractivity contribution < 1.29 is 8.78 Å². The third-order valence-corrected chi connectivity index (χ3v) is 6.92. The molecule has 3 N–H and O–H groups in total. The molecule has 0 spiro atoms. The largest absolute Gasteiger partial charge is 0.381 e. The van der Waals surface area contributed by atoms with Crippen molar-refractivity contribution in [2.45, 2.75) is 32.2 Å². The summed E-state index contributed by atoms with van der Waals surface area (Å²) >= 11 is 6.07. The summed E-state index contributed by atoms with van der Waals surface area (Å²) < 4.78 is 32.2. The van der Waals surface area contributed by atoms with E-state index >= 15 is 4.39 Å². The Hall–Kier alpha value is -4.52. The summed E-state index contributed by atoms with van der Waals surface area (Å²) in [7, 11) is 0. The van der Waals surface area contributed by atoms with Crippen LogP contribution in [0.5, 0.6) is 0 Å². The number of fused-ring (bicyclic) bond motifs is 1. The van der Waals surface area contributed by atoms with E-state index in [0.29, 0.717) is 35.0 Å². The molecule has 0 unspecified atom stereocenters. The van der Waals surface area contributed by atoms with E-state index in [4.69, 9.17) is 17.3 Å². The number of aryl methyl sites for hydroxylation is 1. The van der Waals surface area contributed by atoms with Crippen LogP contribution in [0.4, 0.5) is 14.6 Å². The number of hydrogen-bond acceptors (Lipinski definition) is 8. The van der Waals surface area contributed by atoms with Crippen LogP contribution in [0.25, 0.3) is 28.2 Å². The monoisotopic (exact) mass is 536 g/mol. The van der Waals surface area contributed by atoms with E-state index in [-0.39, 0.29) is 33.7 Å². The highest BCUT2D eigenvalue weighted by atomic mass is 35.5. The number of nitrogens with one attached hydrogen (secondary N) is 1. The lowest BCUT2D eigenvalue weighted by Gasteiger charge is -2.15. The second-order valence-corrected chi connectivity index (χ2v) is 9.45. The Balaban J connectivity index is 1.44. The number of nitrogen functional groups attached to an aromatic ring is 1. The van der Waals surface area contributed by atoms with Gasteiger partial charge in [-0.2, -0.15) is 4.68 Å². The van der Waals surface area contributed by atoms with Gasteiger partial charge < -0.3 is 10.7 Å². The number of hydrogen-bond donors (Lipinski definition) is 2. The quantitative estimate of drug-likeness (QED) is 0.354. The minimum Gasteiger partial charge on any atom is -0.381 e. The maximum atomic E-state index is 15.3. The average Bonchev–Trinajstić information content (AvgIpc) is 3.64. The lowest BCUT2D eigenvalue weighted by atomic mass is 10.1. The predicted octanol–water partition coefficient (Wildman–Crippen LogP) is 3.59. The zero-order chi connectivity index (χ0) is 26.7. The van der Waals surface area contributed by atoms with Gasteiger partial charge in [-0.3, -0.25) is 9.36 Å². The number of nitrogens with zero attached hydrogens (tertiary/aromatic N) is 8. The molecule has 14 heteroatoms. The van der Waals surface area contributed by atoms with E-state index in [0.717, 1.165) is 0 Å². The minimum atomic E-state index is -0.742. The fourth-order valence-corrected chi connectivity index (χ4v) is 5.00. The van der Waals surface area contributed by atoms with Crippen molar-refractivity contribution in [3.63, 3.8) is 0 Å². The zero-order valence-corrected chi connectivity index (χ0v) is 20.8. The van der Waals surface area contributed by atoms with E-state index in [2.05, 4.69) is 35.5 Å². The summed E-state index contributed by atoms with van der Waals surface area (Å²) in [5.74, 6) is -0.747. The van der Waals surface area contributed by atoms with Crippen molar-refractivity contribution in [1.29, 1.82) is 0 Å². The number of tetrazole rings is 1. The molecule has 1 aliphatic rings. The van der Waals surface area contributed by atoms with Crippen LogP contribution in [-0.2, 0) is 0 Å². The summed E-state index contributed by atoms with van der Waals surface area (Å²) in [5.41, 5.74) is 7.15. The van der Waals surface area contributed by atoms with Crippen molar-refractivity contribution in [1.82, 2.24) is 44.7 Å². The third kappa shape index (κ3) is 3.74. The molecule has 0 saturated carbocycles. The van der Waals surface area contributed by atoms with Gasteiger partial charge in [-0.15, -0.1) is 5.10 Å². The van der Waals surface area contributed by atoms with E-state index < -0.39 is 23.2 Å². The molecule has 1 aromatic carbocycles. The second kappa shape index (κ2) is 8.80. The van der Waals surface area contributed by atoms with Crippen LogP contribution in [0, 0.1) is 18.6 Å². The van der Waals surface area contributed by atoms with Crippen LogP contribution < -0.4 is 11.3 Å². The molecule has 0 aliphatic carbocycles. The molecule has 5 aromatic rings. The number of imidazole rings is 1. The van der Waals surface area contributed by atoms with Gasteiger partial charge in [0, 0.05) is 23.2 Å². The van der Waals surface area contributed by atoms with Crippen LogP contribution in [0.15, 0.2) is 41.6 Å². The van der Waals surface area contributed by atoms with Crippen molar-refractivity contribution in [2.24, 2.45) is 0 Å². The van der Waals surface area contributed by atoms with Crippen LogP contribution >= 0.6 is 11.6 Å². The Morgan fingerprint density at radius 1 is 1.21 bits per heavy atom. The average molecular weight is 537 g/mol. The van der Waals surface area contributed by atoms with Gasteiger partial charge in [0.15, 0.2) is 17.5 Å². The zero-order valence-electron chi connectivity index (χ0n) is 20.0. The number of benzene rings is 1. The number of rotatable bonds is 4. The molecule has 0 amide bonds. The second-order valence-electron chi connectivity index (χ2n) is 9.04. The van der Waals surface area contributed by atoms with E-state index in [1.807, 2.05) is 6.92 Å². The van der Waals surface area contributed by atoms with Crippen LogP contribution in [-0.4, -0.2) is 44.7 Å². The SMILES string of the molecule is Cc1nc(N)c(F)cc1-c1cnc([C@H]2C[C@H](C)c3nc(-c4c(-n5cnnn5)ccc(Cl)c4F)cc(=O)n32)[nH]1. The fraction of sp³-hybridized carbons (Fsp3) is 0.208.